The fourth-order valence-electron chi connectivity index (χ4n) is 3.08. The molecule has 0 radical (unpaired) electrons. The Morgan fingerprint density at radius 1 is 1.39 bits per heavy atom. The summed E-state index contributed by atoms with van der Waals surface area (Å²) in [6.45, 7) is 3.21. The summed E-state index contributed by atoms with van der Waals surface area (Å²) in [5.74, 6) is 1.65. The second-order valence-corrected chi connectivity index (χ2v) is 5.22. The summed E-state index contributed by atoms with van der Waals surface area (Å²) in [6.07, 6.45) is 11.7. The van der Waals surface area contributed by atoms with Gasteiger partial charge in [-0.05, 0) is 38.6 Å². The molecule has 4 heteroatoms. The molecule has 2 heterocycles. The van der Waals surface area contributed by atoms with E-state index < -0.39 is 0 Å². The Bertz CT molecular complexity index is 426. The zero-order valence-electron chi connectivity index (χ0n) is 11.0. The van der Waals surface area contributed by atoms with Gasteiger partial charge in [-0.2, -0.15) is 4.98 Å². The molecule has 98 valence electrons. The van der Waals surface area contributed by atoms with Crippen LogP contribution in [-0.2, 0) is 6.42 Å². The average molecular weight is 247 g/mol. The van der Waals surface area contributed by atoms with Gasteiger partial charge in [-0.1, -0.05) is 24.2 Å². The number of aryl methyl sites for hydroxylation is 1. The molecule has 0 aromatic carbocycles. The van der Waals surface area contributed by atoms with E-state index in [2.05, 4.69) is 27.2 Å². The maximum absolute atomic E-state index is 5.26. The molecule has 1 fully saturated rings. The molecule has 1 aromatic heterocycles. The lowest BCUT2D eigenvalue weighted by molar-refractivity contribution is 0.188. The number of rotatable bonds is 3. The molecule has 2 unspecified atom stereocenters. The summed E-state index contributed by atoms with van der Waals surface area (Å²) >= 11 is 0. The number of aromatic nitrogens is 2. The van der Waals surface area contributed by atoms with Crippen LogP contribution in [0.25, 0.3) is 0 Å². The lowest BCUT2D eigenvalue weighted by Crippen LogP contribution is -2.34. The molecule has 0 N–H and O–H groups in total. The smallest absolute Gasteiger partial charge is 0.226 e. The third kappa shape index (κ3) is 2.21. The molecule has 1 aliphatic carbocycles. The first-order valence-electron chi connectivity index (χ1n) is 7.13. The highest BCUT2D eigenvalue weighted by atomic mass is 16.5. The molecule has 3 rings (SSSR count). The lowest BCUT2D eigenvalue weighted by Gasteiger charge is -2.31. The van der Waals surface area contributed by atoms with Crippen molar-refractivity contribution in [1.29, 1.82) is 0 Å². The van der Waals surface area contributed by atoms with E-state index in [0.717, 1.165) is 31.1 Å². The van der Waals surface area contributed by atoms with Gasteiger partial charge >= 0.3 is 0 Å². The minimum atomic E-state index is 0.363. The van der Waals surface area contributed by atoms with E-state index in [1.54, 1.807) is 0 Å². The maximum Gasteiger partial charge on any atom is 0.226 e. The number of nitrogens with zero attached hydrogens (tertiary/aromatic N) is 3. The Balaban J connectivity index is 1.77. The van der Waals surface area contributed by atoms with E-state index in [4.69, 9.17) is 4.52 Å². The molecule has 1 saturated heterocycles. The van der Waals surface area contributed by atoms with Crippen molar-refractivity contribution >= 4 is 0 Å². The molecule has 0 amide bonds. The van der Waals surface area contributed by atoms with Gasteiger partial charge in [-0.15, -0.1) is 0 Å². The Morgan fingerprint density at radius 3 is 3.06 bits per heavy atom. The highest BCUT2D eigenvalue weighted by Crippen LogP contribution is 2.34. The van der Waals surface area contributed by atoms with Crippen molar-refractivity contribution in [3.05, 3.63) is 23.9 Å². The SMILES string of the molecule is CCc1nc(C2CCCN2C2C=CCCC2)no1. The van der Waals surface area contributed by atoms with Crippen LogP contribution in [0.2, 0.25) is 0 Å². The topological polar surface area (TPSA) is 42.2 Å². The van der Waals surface area contributed by atoms with Gasteiger partial charge < -0.3 is 4.52 Å². The van der Waals surface area contributed by atoms with E-state index in [9.17, 15) is 0 Å². The van der Waals surface area contributed by atoms with Crippen LogP contribution in [0.5, 0.6) is 0 Å². The summed E-state index contributed by atoms with van der Waals surface area (Å²) in [5.41, 5.74) is 0. The van der Waals surface area contributed by atoms with Crippen LogP contribution in [0.15, 0.2) is 16.7 Å². The van der Waals surface area contributed by atoms with E-state index in [1.165, 1.54) is 25.7 Å². The highest BCUT2D eigenvalue weighted by Gasteiger charge is 2.33. The summed E-state index contributed by atoms with van der Waals surface area (Å²) in [7, 11) is 0. The lowest BCUT2D eigenvalue weighted by atomic mass is 10.0. The fourth-order valence-corrected chi connectivity index (χ4v) is 3.08. The van der Waals surface area contributed by atoms with Gasteiger partial charge in [-0.3, -0.25) is 4.90 Å². The highest BCUT2D eigenvalue weighted by molar-refractivity contribution is 5.06. The normalized spacial score (nSPS) is 28.9. The van der Waals surface area contributed by atoms with Crippen molar-refractivity contribution < 1.29 is 4.52 Å². The predicted molar refractivity (Wildman–Crippen MR) is 69.1 cm³/mol. The van der Waals surface area contributed by atoms with Crippen molar-refractivity contribution in [1.82, 2.24) is 15.0 Å². The first-order chi connectivity index (χ1) is 8.88. The molecule has 18 heavy (non-hydrogen) atoms. The molecule has 1 aromatic rings. The summed E-state index contributed by atoms with van der Waals surface area (Å²) < 4.78 is 5.26. The molecule has 1 aliphatic heterocycles. The van der Waals surface area contributed by atoms with Gasteiger partial charge in [0.25, 0.3) is 0 Å². The quantitative estimate of drug-likeness (QED) is 0.770. The minimum absolute atomic E-state index is 0.363. The van der Waals surface area contributed by atoms with Crippen LogP contribution >= 0.6 is 0 Å². The van der Waals surface area contributed by atoms with Crippen molar-refractivity contribution in [3.8, 4) is 0 Å². The van der Waals surface area contributed by atoms with Crippen LogP contribution in [0.3, 0.4) is 0 Å². The van der Waals surface area contributed by atoms with Crippen LogP contribution < -0.4 is 0 Å². The largest absolute Gasteiger partial charge is 0.339 e. The van der Waals surface area contributed by atoms with Gasteiger partial charge in [0.05, 0.1) is 6.04 Å². The number of hydrogen-bond acceptors (Lipinski definition) is 4. The number of allylic oxidation sites excluding steroid dienone is 1. The second kappa shape index (κ2) is 5.22. The third-order valence-corrected chi connectivity index (χ3v) is 4.03. The molecular weight excluding hydrogens is 226 g/mol. The van der Waals surface area contributed by atoms with Gasteiger partial charge in [0.2, 0.25) is 5.89 Å². The number of likely N-dealkylation sites (tertiary alicyclic amines) is 1. The van der Waals surface area contributed by atoms with Crippen molar-refractivity contribution in [2.45, 2.75) is 57.5 Å². The summed E-state index contributed by atoms with van der Waals surface area (Å²) in [6, 6.07) is 0.941. The Labute approximate surface area is 108 Å². The summed E-state index contributed by atoms with van der Waals surface area (Å²) in [4.78, 5) is 7.07. The van der Waals surface area contributed by atoms with E-state index in [1.807, 2.05) is 6.92 Å². The zero-order valence-corrected chi connectivity index (χ0v) is 11.0. The molecule has 2 atom stereocenters. The Kier molecular flexibility index (Phi) is 3.46. The molecule has 0 spiro atoms. The molecule has 4 nitrogen and oxygen atoms in total. The van der Waals surface area contributed by atoms with E-state index >= 15 is 0 Å². The predicted octanol–water partition coefficient (Wildman–Crippen LogP) is 2.88. The minimum Gasteiger partial charge on any atom is -0.339 e. The van der Waals surface area contributed by atoms with E-state index in [0.29, 0.717) is 12.1 Å². The maximum atomic E-state index is 5.26. The van der Waals surface area contributed by atoms with Gasteiger partial charge in [0, 0.05) is 12.5 Å². The monoisotopic (exact) mass is 247 g/mol. The van der Waals surface area contributed by atoms with Gasteiger partial charge in [-0.25, -0.2) is 0 Å². The fraction of sp³-hybridized carbons (Fsp3) is 0.714. The molecule has 0 saturated carbocycles. The van der Waals surface area contributed by atoms with Crippen LogP contribution in [-0.4, -0.2) is 27.6 Å². The van der Waals surface area contributed by atoms with Crippen LogP contribution in [0, 0.1) is 0 Å². The molecular formula is C14H21N3O. The number of hydrogen-bond donors (Lipinski definition) is 0. The van der Waals surface area contributed by atoms with Crippen molar-refractivity contribution in [3.63, 3.8) is 0 Å². The van der Waals surface area contributed by atoms with Crippen molar-refractivity contribution in [2.75, 3.05) is 6.54 Å². The molecule has 2 aliphatic rings. The Hall–Kier alpha value is -1.16. The third-order valence-electron chi connectivity index (χ3n) is 4.03. The average Bonchev–Trinajstić information content (AvgIpc) is 3.08. The molecule has 0 bridgehead atoms. The summed E-state index contributed by atoms with van der Waals surface area (Å²) in [5, 5.41) is 4.16. The first-order valence-corrected chi connectivity index (χ1v) is 7.13. The first kappa shape index (κ1) is 11.9. The zero-order chi connectivity index (χ0) is 12.4. The van der Waals surface area contributed by atoms with Gasteiger partial charge in [0.15, 0.2) is 5.82 Å². The van der Waals surface area contributed by atoms with Crippen molar-refractivity contribution in [2.24, 2.45) is 0 Å². The van der Waals surface area contributed by atoms with E-state index in [-0.39, 0.29) is 0 Å². The standard InChI is InChI=1S/C14H21N3O/c1-2-13-15-14(16-18-13)12-9-6-10-17(12)11-7-4-3-5-8-11/h4,7,11-12H,2-3,5-6,8-10H2,1H3. The van der Waals surface area contributed by atoms with Gasteiger partial charge in [0.1, 0.15) is 0 Å². The second-order valence-electron chi connectivity index (χ2n) is 5.22. The van der Waals surface area contributed by atoms with Crippen LogP contribution in [0.1, 0.15) is 56.8 Å². The Morgan fingerprint density at radius 2 is 2.33 bits per heavy atom. The van der Waals surface area contributed by atoms with Crippen LogP contribution in [0.4, 0.5) is 0 Å².